The molecule has 2 heterocycles. The summed E-state index contributed by atoms with van der Waals surface area (Å²) in [6, 6.07) is 7.95. The van der Waals surface area contributed by atoms with E-state index in [1.807, 2.05) is 18.2 Å². The van der Waals surface area contributed by atoms with Gasteiger partial charge in [-0.15, -0.1) is 12.4 Å². The van der Waals surface area contributed by atoms with Crippen LogP contribution in [-0.2, 0) is 4.79 Å². The van der Waals surface area contributed by atoms with Crippen molar-refractivity contribution in [3.63, 3.8) is 0 Å². The molecule has 0 aromatic heterocycles. The second-order valence-electron chi connectivity index (χ2n) is 5.96. The van der Waals surface area contributed by atoms with Gasteiger partial charge in [0.1, 0.15) is 6.04 Å². The van der Waals surface area contributed by atoms with E-state index in [1.165, 1.54) is 12.8 Å². The number of hydrogen-bond acceptors (Lipinski definition) is 3. The molecule has 3 rings (SSSR count). The highest BCUT2D eigenvalue weighted by atomic mass is 79.9. The standard InChI is InChI=1S/C16H22BrN3O.ClH/c17-14-5-1-4-13(9-14)15-16(21)19-7-8-20(15)11-12-3-2-6-18-10-12;/h1,4-5,9,12,15,18H,2-3,6-8,10-11H2,(H,19,21);1H. The fourth-order valence-electron chi connectivity index (χ4n) is 3.36. The summed E-state index contributed by atoms with van der Waals surface area (Å²) < 4.78 is 1.03. The van der Waals surface area contributed by atoms with Crippen molar-refractivity contribution >= 4 is 34.2 Å². The highest BCUT2D eigenvalue weighted by Crippen LogP contribution is 2.27. The van der Waals surface area contributed by atoms with E-state index in [-0.39, 0.29) is 24.4 Å². The van der Waals surface area contributed by atoms with E-state index in [9.17, 15) is 4.79 Å². The van der Waals surface area contributed by atoms with Crippen LogP contribution >= 0.6 is 28.3 Å². The second-order valence-corrected chi connectivity index (χ2v) is 6.87. The summed E-state index contributed by atoms with van der Waals surface area (Å²) >= 11 is 3.51. The Hall–Kier alpha value is -0.620. The summed E-state index contributed by atoms with van der Waals surface area (Å²) in [5, 5.41) is 6.47. The number of hydrogen-bond donors (Lipinski definition) is 2. The molecule has 2 N–H and O–H groups in total. The Bertz CT molecular complexity index is 508. The minimum atomic E-state index is -0.154. The van der Waals surface area contributed by atoms with E-state index in [0.717, 1.165) is 42.8 Å². The predicted octanol–water partition coefficient (Wildman–Crippen LogP) is 2.34. The van der Waals surface area contributed by atoms with Gasteiger partial charge < -0.3 is 10.6 Å². The van der Waals surface area contributed by atoms with Crippen LogP contribution in [0.15, 0.2) is 28.7 Å². The third kappa shape index (κ3) is 4.22. The van der Waals surface area contributed by atoms with E-state index >= 15 is 0 Å². The molecule has 122 valence electrons. The Morgan fingerprint density at radius 2 is 2.18 bits per heavy atom. The maximum absolute atomic E-state index is 12.4. The van der Waals surface area contributed by atoms with Crippen LogP contribution in [0.4, 0.5) is 0 Å². The first-order valence-corrected chi connectivity index (χ1v) is 8.51. The van der Waals surface area contributed by atoms with Crippen molar-refractivity contribution in [2.45, 2.75) is 18.9 Å². The van der Waals surface area contributed by atoms with Crippen molar-refractivity contribution in [2.75, 3.05) is 32.7 Å². The fourth-order valence-corrected chi connectivity index (χ4v) is 3.78. The zero-order valence-corrected chi connectivity index (χ0v) is 15.0. The average Bonchev–Trinajstić information content (AvgIpc) is 2.48. The third-order valence-electron chi connectivity index (χ3n) is 4.37. The average molecular weight is 389 g/mol. The molecule has 0 spiro atoms. The van der Waals surface area contributed by atoms with Gasteiger partial charge >= 0.3 is 0 Å². The number of piperidine rings is 1. The molecule has 2 saturated heterocycles. The Morgan fingerprint density at radius 1 is 1.32 bits per heavy atom. The van der Waals surface area contributed by atoms with Gasteiger partial charge in [0, 0.05) is 24.1 Å². The minimum Gasteiger partial charge on any atom is -0.353 e. The van der Waals surface area contributed by atoms with Gasteiger partial charge in [-0.3, -0.25) is 9.69 Å². The van der Waals surface area contributed by atoms with E-state index in [1.54, 1.807) is 0 Å². The summed E-state index contributed by atoms with van der Waals surface area (Å²) in [6.07, 6.45) is 2.50. The van der Waals surface area contributed by atoms with Crippen molar-refractivity contribution < 1.29 is 4.79 Å². The maximum atomic E-state index is 12.4. The highest BCUT2D eigenvalue weighted by molar-refractivity contribution is 9.10. The van der Waals surface area contributed by atoms with Gasteiger partial charge in [0.2, 0.25) is 5.91 Å². The first kappa shape index (κ1) is 17.7. The molecule has 1 amide bonds. The van der Waals surface area contributed by atoms with Gasteiger partial charge in [0.25, 0.3) is 0 Å². The quantitative estimate of drug-likeness (QED) is 0.835. The van der Waals surface area contributed by atoms with Crippen molar-refractivity contribution in [2.24, 2.45) is 5.92 Å². The number of carbonyl (C=O) groups excluding carboxylic acids is 1. The summed E-state index contributed by atoms with van der Waals surface area (Å²) in [4.78, 5) is 14.7. The van der Waals surface area contributed by atoms with Crippen molar-refractivity contribution in [1.29, 1.82) is 0 Å². The highest BCUT2D eigenvalue weighted by Gasteiger charge is 2.32. The Balaban J connectivity index is 0.00000176. The number of benzene rings is 1. The van der Waals surface area contributed by atoms with E-state index in [2.05, 4.69) is 37.5 Å². The SMILES string of the molecule is Cl.O=C1NCCN(CC2CCCNC2)C1c1cccc(Br)c1. The summed E-state index contributed by atoms with van der Waals surface area (Å²) in [7, 11) is 0. The Morgan fingerprint density at radius 3 is 2.91 bits per heavy atom. The van der Waals surface area contributed by atoms with Gasteiger partial charge in [-0.2, -0.15) is 0 Å². The number of halogens is 2. The first-order valence-electron chi connectivity index (χ1n) is 7.72. The number of nitrogens with one attached hydrogen (secondary N) is 2. The summed E-state index contributed by atoms with van der Waals surface area (Å²) in [5.74, 6) is 0.780. The smallest absolute Gasteiger partial charge is 0.242 e. The molecule has 2 aliphatic heterocycles. The Kier molecular flexibility index (Phi) is 6.68. The first-order chi connectivity index (χ1) is 10.2. The van der Waals surface area contributed by atoms with Gasteiger partial charge in [-0.05, 0) is 49.5 Å². The monoisotopic (exact) mass is 387 g/mol. The second kappa shape index (κ2) is 8.29. The van der Waals surface area contributed by atoms with Crippen LogP contribution in [0.2, 0.25) is 0 Å². The molecule has 6 heteroatoms. The molecule has 4 nitrogen and oxygen atoms in total. The third-order valence-corrected chi connectivity index (χ3v) is 4.86. The molecule has 0 radical (unpaired) electrons. The zero-order chi connectivity index (χ0) is 14.7. The lowest BCUT2D eigenvalue weighted by molar-refractivity contribution is -0.129. The molecule has 2 atom stereocenters. The predicted molar refractivity (Wildman–Crippen MR) is 94.3 cm³/mol. The molecule has 22 heavy (non-hydrogen) atoms. The molecular weight excluding hydrogens is 366 g/mol. The maximum Gasteiger partial charge on any atom is 0.242 e. The number of amides is 1. The zero-order valence-electron chi connectivity index (χ0n) is 12.6. The van der Waals surface area contributed by atoms with Crippen LogP contribution in [0.3, 0.4) is 0 Å². The van der Waals surface area contributed by atoms with Crippen LogP contribution in [0.5, 0.6) is 0 Å². The minimum absolute atomic E-state index is 0. The van der Waals surface area contributed by atoms with Crippen LogP contribution in [-0.4, -0.2) is 43.5 Å². The van der Waals surface area contributed by atoms with Gasteiger partial charge in [0.05, 0.1) is 0 Å². The lowest BCUT2D eigenvalue weighted by Gasteiger charge is -2.38. The van der Waals surface area contributed by atoms with Crippen molar-refractivity contribution in [1.82, 2.24) is 15.5 Å². The molecule has 0 aliphatic carbocycles. The number of rotatable bonds is 3. The summed E-state index contributed by atoms with van der Waals surface area (Å²) in [6.45, 7) is 4.88. The van der Waals surface area contributed by atoms with Crippen molar-refractivity contribution in [3.8, 4) is 0 Å². The van der Waals surface area contributed by atoms with Gasteiger partial charge in [-0.1, -0.05) is 28.1 Å². The van der Waals surface area contributed by atoms with E-state index in [4.69, 9.17) is 0 Å². The van der Waals surface area contributed by atoms with E-state index in [0.29, 0.717) is 5.92 Å². The number of piperazine rings is 1. The number of nitrogens with zero attached hydrogens (tertiary/aromatic N) is 1. The fraction of sp³-hybridized carbons (Fsp3) is 0.562. The molecular formula is C16H23BrClN3O. The van der Waals surface area contributed by atoms with Crippen LogP contribution < -0.4 is 10.6 Å². The Labute approximate surface area is 146 Å². The lowest BCUT2D eigenvalue weighted by atomic mass is 9.96. The molecule has 2 aliphatic rings. The molecule has 1 aromatic carbocycles. The van der Waals surface area contributed by atoms with Gasteiger partial charge in [-0.25, -0.2) is 0 Å². The number of carbonyl (C=O) groups is 1. The van der Waals surface area contributed by atoms with Crippen LogP contribution in [0, 0.1) is 5.92 Å². The molecule has 2 unspecified atom stereocenters. The van der Waals surface area contributed by atoms with E-state index < -0.39 is 0 Å². The van der Waals surface area contributed by atoms with Crippen LogP contribution in [0.1, 0.15) is 24.4 Å². The summed E-state index contributed by atoms with van der Waals surface area (Å²) in [5.41, 5.74) is 1.07. The van der Waals surface area contributed by atoms with Crippen molar-refractivity contribution in [3.05, 3.63) is 34.3 Å². The molecule has 0 saturated carbocycles. The van der Waals surface area contributed by atoms with Gasteiger partial charge in [0.15, 0.2) is 0 Å². The molecule has 1 aromatic rings. The topological polar surface area (TPSA) is 44.4 Å². The molecule has 0 bridgehead atoms. The largest absolute Gasteiger partial charge is 0.353 e. The van der Waals surface area contributed by atoms with Crippen LogP contribution in [0.25, 0.3) is 0 Å². The normalized spacial score (nSPS) is 26.1. The molecule has 2 fully saturated rings. The lowest BCUT2D eigenvalue weighted by Crippen LogP contribution is -2.52.